The Hall–Kier alpha value is -2.83. The molecule has 0 aliphatic carbocycles. The summed E-state index contributed by atoms with van der Waals surface area (Å²) in [6.45, 7) is 3.12. The monoisotopic (exact) mass is 345 g/mol. The Labute approximate surface area is 143 Å². The van der Waals surface area contributed by atoms with E-state index in [1.54, 1.807) is 17.0 Å². The highest BCUT2D eigenvalue weighted by molar-refractivity contribution is 5.96. The Balaban J connectivity index is 1.64. The Bertz CT molecular complexity index is 800. The van der Waals surface area contributed by atoms with Crippen LogP contribution in [0.5, 0.6) is 0 Å². The fourth-order valence-electron chi connectivity index (χ4n) is 2.72. The maximum absolute atomic E-state index is 13.8. The van der Waals surface area contributed by atoms with Gasteiger partial charge in [0.1, 0.15) is 11.6 Å². The molecule has 2 heterocycles. The summed E-state index contributed by atoms with van der Waals surface area (Å²) >= 11 is 0. The number of hydrogen-bond acceptors (Lipinski definition) is 3. The molecule has 25 heavy (non-hydrogen) atoms. The highest BCUT2D eigenvalue weighted by Crippen LogP contribution is 2.15. The van der Waals surface area contributed by atoms with Crippen LogP contribution in [0.3, 0.4) is 0 Å². The van der Waals surface area contributed by atoms with E-state index in [9.17, 15) is 18.4 Å². The molecule has 0 radical (unpaired) electrons. The van der Waals surface area contributed by atoms with Crippen molar-refractivity contribution in [3.05, 3.63) is 65.0 Å². The molecule has 1 aromatic carbocycles. The molecule has 130 valence electrons. The SMILES string of the molecule is Cc1ccc(C(=O)N2CCN(C(=O)c3ccc(F)cc3F)CC2)cn1. The zero-order valence-electron chi connectivity index (χ0n) is 13.7. The van der Waals surface area contributed by atoms with Crippen LogP contribution in [-0.2, 0) is 0 Å². The molecule has 7 heteroatoms. The highest BCUT2D eigenvalue weighted by atomic mass is 19.1. The molecule has 2 aromatic rings. The van der Waals surface area contributed by atoms with Crippen LogP contribution < -0.4 is 0 Å². The zero-order valence-corrected chi connectivity index (χ0v) is 13.7. The first-order valence-corrected chi connectivity index (χ1v) is 7.92. The minimum atomic E-state index is -0.880. The van der Waals surface area contributed by atoms with E-state index in [-0.39, 0.29) is 11.5 Å². The first-order chi connectivity index (χ1) is 12.0. The summed E-state index contributed by atoms with van der Waals surface area (Å²) in [6, 6.07) is 6.38. The van der Waals surface area contributed by atoms with Crippen molar-refractivity contribution >= 4 is 11.8 Å². The number of hydrogen-bond donors (Lipinski definition) is 0. The van der Waals surface area contributed by atoms with Gasteiger partial charge < -0.3 is 9.80 Å². The molecule has 0 N–H and O–H groups in total. The number of aromatic nitrogens is 1. The second-order valence-corrected chi connectivity index (χ2v) is 5.90. The number of pyridine rings is 1. The number of aryl methyl sites for hydroxylation is 1. The quantitative estimate of drug-likeness (QED) is 0.839. The molecule has 2 amide bonds. The maximum atomic E-state index is 13.8. The smallest absolute Gasteiger partial charge is 0.256 e. The first-order valence-electron chi connectivity index (χ1n) is 7.92. The van der Waals surface area contributed by atoms with Crippen LogP contribution in [0.4, 0.5) is 8.78 Å². The van der Waals surface area contributed by atoms with E-state index in [0.717, 1.165) is 17.8 Å². The topological polar surface area (TPSA) is 53.5 Å². The van der Waals surface area contributed by atoms with Gasteiger partial charge in [-0.2, -0.15) is 0 Å². The van der Waals surface area contributed by atoms with Crippen LogP contribution in [0, 0.1) is 18.6 Å². The van der Waals surface area contributed by atoms with Crippen molar-refractivity contribution in [3.8, 4) is 0 Å². The Morgan fingerprint density at radius 1 is 0.960 bits per heavy atom. The summed E-state index contributed by atoms with van der Waals surface area (Å²) in [5.74, 6) is -2.25. The molecule has 3 rings (SSSR count). The summed E-state index contributed by atoms with van der Waals surface area (Å²) in [6.07, 6.45) is 1.53. The van der Waals surface area contributed by atoms with Crippen molar-refractivity contribution in [1.29, 1.82) is 0 Å². The van der Waals surface area contributed by atoms with Crippen molar-refractivity contribution in [1.82, 2.24) is 14.8 Å². The summed E-state index contributed by atoms with van der Waals surface area (Å²) in [4.78, 5) is 32.0. The Kier molecular flexibility index (Phi) is 4.74. The molecule has 1 aromatic heterocycles. The van der Waals surface area contributed by atoms with E-state index in [1.165, 1.54) is 11.1 Å². The van der Waals surface area contributed by atoms with Crippen LogP contribution in [0.25, 0.3) is 0 Å². The minimum Gasteiger partial charge on any atom is -0.335 e. The van der Waals surface area contributed by atoms with Crippen LogP contribution in [0.2, 0.25) is 0 Å². The third-order valence-corrected chi connectivity index (χ3v) is 4.17. The predicted octanol–water partition coefficient (Wildman–Crippen LogP) is 2.27. The Morgan fingerprint density at radius 2 is 1.60 bits per heavy atom. The van der Waals surface area contributed by atoms with E-state index < -0.39 is 17.5 Å². The van der Waals surface area contributed by atoms with Crippen molar-refractivity contribution in [2.24, 2.45) is 0 Å². The summed E-state index contributed by atoms with van der Waals surface area (Å²) in [7, 11) is 0. The fraction of sp³-hybridized carbons (Fsp3) is 0.278. The number of nitrogens with zero attached hydrogens (tertiary/aromatic N) is 3. The van der Waals surface area contributed by atoms with Gasteiger partial charge in [-0.1, -0.05) is 0 Å². The van der Waals surface area contributed by atoms with E-state index in [1.807, 2.05) is 6.92 Å². The molecule has 0 saturated carbocycles. The summed E-state index contributed by atoms with van der Waals surface area (Å²) in [5.41, 5.74) is 1.16. The van der Waals surface area contributed by atoms with Gasteiger partial charge in [0, 0.05) is 44.1 Å². The van der Waals surface area contributed by atoms with E-state index in [2.05, 4.69) is 4.98 Å². The third-order valence-electron chi connectivity index (χ3n) is 4.17. The lowest BCUT2D eigenvalue weighted by Crippen LogP contribution is -2.50. The number of benzene rings is 1. The number of rotatable bonds is 2. The molecule has 0 atom stereocenters. The van der Waals surface area contributed by atoms with E-state index in [4.69, 9.17) is 0 Å². The van der Waals surface area contributed by atoms with Crippen LogP contribution in [0.15, 0.2) is 36.5 Å². The predicted molar refractivity (Wildman–Crippen MR) is 87.1 cm³/mol. The molecular weight excluding hydrogens is 328 g/mol. The molecular formula is C18H17F2N3O2. The Morgan fingerprint density at radius 3 is 2.16 bits per heavy atom. The van der Waals surface area contributed by atoms with Gasteiger partial charge in [0.25, 0.3) is 11.8 Å². The van der Waals surface area contributed by atoms with Crippen LogP contribution >= 0.6 is 0 Å². The van der Waals surface area contributed by atoms with E-state index in [0.29, 0.717) is 37.8 Å². The molecule has 1 fully saturated rings. The molecule has 0 spiro atoms. The van der Waals surface area contributed by atoms with Gasteiger partial charge in [-0.3, -0.25) is 14.6 Å². The third kappa shape index (κ3) is 3.65. The largest absolute Gasteiger partial charge is 0.335 e. The number of piperazine rings is 1. The van der Waals surface area contributed by atoms with Crippen molar-refractivity contribution < 1.29 is 18.4 Å². The normalized spacial score (nSPS) is 14.5. The second kappa shape index (κ2) is 6.96. The first kappa shape index (κ1) is 17.0. The van der Waals surface area contributed by atoms with Gasteiger partial charge in [-0.05, 0) is 31.2 Å². The van der Waals surface area contributed by atoms with Gasteiger partial charge in [0.2, 0.25) is 0 Å². The molecule has 1 aliphatic heterocycles. The van der Waals surface area contributed by atoms with Gasteiger partial charge in [-0.15, -0.1) is 0 Å². The van der Waals surface area contributed by atoms with Crippen molar-refractivity contribution in [2.75, 3.05) is 26.2 Å². The molecule has 1 saturated heterocycles. The number of amides is 2. The number of halogens is 2. The molecule has 0 unspecified atom stereocenters. The lowest BCUT2D eigenvalue weighted by atomic mass is 10.1. The van der Waals surface area contributed by atoms with Crippen LogP contribution in [0.1, 0.15) is 26.4 Å². The zero-order chi connectivity index (χ0) is 18.0. The average molecular weight is 345 g/mol. The number of carbonyl (C=O) groups excluding carboxylic acids is 2. The standard InChI is InChI=1S/C18H17F2N3O2/c1-12-2-3-13(11-21-12)17(24)22-6-8-23(9-7-22)18(25)15-5-4-14(19)10-16(15)20/h2-5,10-11H,6-9H2,1H3. The minimum absolute atomic E-state index is 0.146. The summed E-state index contributed by atoms with van der Waals surface area (Å²) < 4.78 is 26.7. The van der Waals surface area contributed by atoms with E-state index >= 15 is 0 Å². The van der Waals surface area contributed by atoms with Gasteiger partial charge in [-0.25, -0.2) is 8.78 Å². The highest BCUT2D eigenvalue weighted by Gasteiger charge is 2.27. The van der Waals surface area contributed by atoms with Crippen LogP contribution in [-0.4, -0.2) is 52.8 Å². The lowest BCUT2D eigenvalue weighted by molar-refractivity contribution is 0.0532. The average Bonchev–Trinajstić information content (AvgIpc) is 2.61. The molecule has 0 bridgehead atoms. The second-order valence-electron chi connectivity index (χ2n) is 5.90. The van der Waals surface area contributed by atoms with Crippen molar-refractivity contribution in [3.63, 3.8) is 0 Å². The molecule has 1 aliphatic rings. The summed E-state index contributed by atoms with van der Waals surface area (Å²) in [5, 5.41) is 0. The fourth-order valence-corrected chi connectivity index (χ4v) is 2.72. The lowest BCUT2D eigenvalue weighted by Gasteiger charge is -2.34. The van der Waals surface area contributed by atoms with Gasteiger partial charge >= 0.3 is 0 Å². The van der Waals surface area contributed by atoms with Crippen molar-refractivity contribution in [2.45, 2.75) is 6.92 Å². The van der Waals surface area contributed by atoms with Gasteiger partial charge in [0.15, 0.2) is 0 Å². The maximum Gasteiger partial charge on any atom is 0.256 e. The van der Waals surface area contributed by atoms with Gasteiger partial charge in [0.05, 0.1) is 11.1 Å². The number of carbonyl (C=O) groups is 2. The molecule has 5 nitrogen and oxygen atoms in total.